The summed E-state index contributed by atoms with van der Waals surface area (Å²) >= 11 is 0. The highest BCUT2D eigenvalue weighted by Crippen LogP contribution is 2.29. The molecular formula is C20H25FN4O4. The minimum absolute atomic E-state index is 0.125. The lowest BCUT2D eigenvalue weighted by atomic mass is 9.98. The maximum atomic E-state index is 14.8. The van der Waals surface area contributed by atoms with Gasteiger partial charge >= 0.3 is 12.1 Å². The van der Waals surface area contributed by atoms with Crippen molar-refractivity contribution in [1.82, 2.24) is 15.5 Å². The number of carbonyl (C=O) groups is 3. The van der Waals surface area contributed by atoms with Gasteiger partial charge in [0.15, 0.2) is 0 Å². The van der Waals surface area contributed by atoms with E-state index in [-0.39, 0.29) is 25.0 Å². The average Bonchev–Trinajstić information content (AvgIpc) is 3.07. The Labute approximate surface area is 168 Å². The van der Waals surface area contributed by atoms with Gasteiger partial charge in [0.05, 0.1) is 18.8 Å². The number of rotatable bonds is 5. The topological polar surface area (TPSA) is 91.0 Å². The van der Waals surface area contributed by atoms with Gasteiger partial charge in [-0.2, -0.15) is 0 Å². The molecule has 2 N–H and O–H groups in total. The Morgan fingerprint density at radius 1 is 1.31 bits per heavy atom. The summed E-state index contributed by atoms with van der Waals surface area (Å²) in [5, 5.41) is 5.36. The zero-order valence-electron chi connectivity index (χ0n) is 16.5. The Morgan fingerprint density at radius 3 is 2.72 bits per heavy atom. The second-order valence-electron chi connectivity index (χ2n) is 6.98. The lowest BCUT2D eigenvalue weighted by molar-refractivity contribution is -0.119. The van der Waals surface area contributed by atoms with Crippen LogP contribution in [0.1, 0.15) is 25.8 Å². The highest BCUT2D eigenvalue weighted by Gasteiger charge is 2.33. The van der Waals surface area contributed by atoms with Gasteiger partial charge in [0.1, 0.15) is 11.9 Å². The van der Waals surface area contributed by atoms with Gasteiger partial charge in [-0.1, -0.05) is 6.08 Å². The second-order valence-corrected chi connectivity index (χ2v) is 6.98. The summed E-state index contributed by atoms with van der Waals surface area (Å²) in [7, 11) is 0. The van der Waals surface area contributed by atoms with E-state index in [1.807, 2.05) is 13.0 Å². The number of urea groups is 1. The summed E-state index contributed by atoms with van der Waals surface area (Å²) in [5.41, 5.74) is 1.70. The van der Waals surface area contributed by atoms with Crippen LogP contribution in [0, 0.1) is 5.82 Å². The molecule has 9 heteroatoms. The van der Waals surface area contributed by atoms with Crippen LogP contribution < -0.4 is 15.5 Å². The standard InChI is InChI=1S/C20H25FN4O4/c1-3-22-19(27)24-8-6-14(7-9-24)17-5-4-15(10-18(17)21)25-12-16(29-20(25)28)11-23-13(2)26/h4-6,10,16H,3,7-9,11-12H2,1-2H3,(H,22,27)(H,23,26)/t16-/m0/s1. The van der Waals surface area contributed by atoms with Crippen molar-refractivity contribution in [2.24, 2.45) is 0 Å². The second kappa shape index (κ2) is 8.93. The fourth-order valence-corrected chi connectivity index (χ4v) is 3.39. The van der Waals surface area contributed by atoms with Gasteiger partial charge in [0, 0.05) is 32.1 Å². The van der Waals surface area contributed by atoms with Gasteiger partial charge in [-0.15, -0.1) is 0 Å². The van der Waals surface area contributed by atoms with E-state index in [9.17, 15) is 18.8 Å². The third-order valence-electron chi connectivity index (χ3n) is 4.89. The van der Waals surface area contributed by atoms with E-state index in [0.29, 0.717) is 37.3 Å². The molecule has 156 valence electrons. The number of carbonyl (C=O) groups excluding carboxylic acids is 3. The SMILES string of the molecule is CCNC(=O)N1CC=C(c2ccc(N3C[C@H](CNC(C)=O)OC3=O)cc2F)CC1. The number of hydrogen-bond acceptors (Lipinski definition) is 4. The zero-order valence-corrected chi connectivity index (χ0v) is 16.5. The minimum Gasteiger partial charge on any atom is -0.442 e. The maximum Gasteiger partial charge on any atom is 0.414 e. The van der Waals surface area contributed by atoms with E-state index >= 15 is 0 Å². The van der Waals surface area contributed by atoms with Gasteiger partial charge in [-0.25, -0.2) is 14.0 Å². The molecule has 0 aliphatic carbocycles. The van der Waals surface area contributed by atoms with Crippen molar-refractivity contribution in [2.75, 3.05) is 37.6 Å². The molecule has 1 aromatic rings. The summed E-state index contributed by atoms with van der Waals surface area (Å²) in [6, 6.07) is 4.51. The number of nitrogens with one attached hydrogen (secondary N) is 2. The summed E-state index contributed by atoms with van der Waals surface area (Å²) in [6.45, 7) is 5.20. The molecule has 0 saturated carbocycles. The zero-order chi connectivity index (χ0) is 21.0. The Morgan fingerprint density at radius 2 is 2.10 bits per heavy atom. The number of cyclic esters (lactones) is 1. The summed E-state index contributed by atoms with van der Waals surface area (Å²) in [4.78, 5) is 38.0. The van der Waals surface area contributed by atoms with E-state index in [2.05, 4.69) is 10.6 Å². The summed E-state index contributed by atoms with van der Waals surface area (Å²) < 4.78 is 20.0. The number of nitrogens with zero attached hydrogens (tertiary/aromatic N) is 2. The smallest absolute Gasteiger partial charge is 0.414 e. The molecule has 8 nitrogen and oxygen atoms in total. The van der Waals surface area contributed by atoms with Crippen LogP contribution in [-0.2, 0) is 9.53 Å². The first-order valence-corrected chi connectivity index (χ1v) is 9.63. The van der Waals surface area contributed by atoms with E-state index in [1.165, 1.54) is 17.9 Å². The predicted octanol–water partition coefficient (Wildman–Crippen LogP) is 2.11. The van der Waals surface area contributed by atoms with Gasteiger partial charge in [0.2, 0.25) is 5.91 Å². The number of anilines is 1. The Balaban J connectivity index is 1.67. The molecule has 4 amide bonds. The van der Waals surface area contributed by atoms with E-state index in [4.69, 9.17) is 4.74 Å². The molecule has 0 unspecified atom stereocenters. The van der Waals surface area contributed by atoms with Crippen LogP contribution in [0.4, 0.5) is 19.7 Å². The molecule has 0 radical (unpaired) electrons. The van der Waals surface area contributed by atoms with Crippen LogP contribution in [0.25, 0.3) is 5.57 Å². The third-order valence-corrected chi connectivity index (χ3v) is 4.89. The number of benzene rings is 1. The third kappa shape index (κ3) is 4.85. The van der Waals surface area contributed by atoms with Crippen LogP contribution >= 0.6 is 0 Å². The van der Waals surface area contributed by atoms with Crippen LogP contribution in [0.5, 0.6) is 0 Å². The Kier molecular flexibility index (Phi) is 6.36. The highest BCUT2D eigenvalue weighted by molar-refractivity contribution is 5.90. The van der Waals surface area contributed by atoms with Crippen molar-refractivity contribution in [2.45, 2.75) is 26.4 Å². The summed E-state index contributed by atoms with van der Waals surface area (Å²) in [6.07, 6.45) is 1.36. The predicted molar refractivity (Wildman–Crippen MR) is 106 cm³/mol. The molecule has 1 atom stereocenters. The Bertz CT molecular complexity index is 842. The number of ether oxygens (including phenoxy) is 1. The molecule has 0 bridgehead atoms. The van der Waals surface area contributed by atoms with E-state index in [0.717, 1.165) is 5.57 Å². The van der Waals surface area contributed by atoms with Crippen LogP contribution in [0.3, 0.4) is 0 Å². The largest absolute Gasteiger partial charge is 0.442 e. The van der Waals surface area contributed by atoms with Crippen molar-refractivity contribution >= 4 is 29.3 Å². The lowest BCUT2D eigenvalue weighted by Crippen LogP contribution is -2.42. The molecule has 0 aromatic heterocycles. The lowest BCUT2D eigenvalue weighted by Gasteiger charge is -2.27. The number of amides is 4. The van der Waals surface area contributed by atoms with Crippen molar-refractivity contribution in [1.29, 1.82) is 0 Å². The normalized spacial score (nSPS) is 18.9. The quantitative estimate of drug-likeness (QED) is 0.786. The molecule has 3 rings (SSSR count). The van der Waals surface area contributed by atoms with Gasteiger partial charge in [0.25, 0.3) is 0 Å². The molecule has 2 heterocycles. The van der Waals surface area contributed by atoms with Crippen molar-refractivity contribution in [3.63, 3.8) is 0 Å². The maximum absolute atomic E-state index is 14.8. The first-order chi connectivity index (χ1) is 13.9. The van der Waals surface area contributed by atoms with Crippen LogP contribution in [-0.4, -0.2) is 61.8 Å². The highest BCUT2D eigenvalue weighted by atomic mass is 19.1. The van der Waals surface area contributed by atoms with Crippen LogP contribution in [0.2, 0.25) is 0 Å². The fraction of sp³-hybridized carbons (Fsp3) is 0.450. The van der Waals surface area contributed by atoms with E-state index < -0.39 is 18.0 Å². The first kappa shape index (κ1) is 20.6. The van der Waals surface area contributed by atoms with Crippen molar-refractivity contribution in [3.8, 4) is 0 Å². The van der Waals surface area contributed by atoms with Crippen molar-refractivity contribution in [3.05, 3.63) is 35.7 Å². The fourth-order valence-electron chi connectivity index (χ4n) is 3.39. The Hall–Kier alpha value is -3.10. The van der Waals surface area contributed by atoms with Gasteiger partial charge in [-0.05, 0) is 37.1 Å². The molecule has 1 saturated heterocycles. The molecular weight excluding hydrogens is 379 g/mol. The first-order valence-electron chi connectivity index (χ1n) is 9.63. The van der Waals surface area contributed by atoms with E-state index in [1.54, 1.807) is 17.0 Å². The van der Waals surface area contributed by atoms with Crippen molar-refractivity contribution < 1.29 is 23.5 Å². The number of hydrogen-bond donors (Lipinski definition) is 2. The van der Waals surface area contributed by atoms with Crippen LogP contribution in [0.15, 0.2) is 24.3 Å². The van der Waals surface area contributed by atoms with Gasteiger partial charge < -0.3 is 20.3 Å². The molecule has 0 spiro atoms. The van der Waals surface area contributed by atoms with Gasteiger partial charge in [-0.3, -0.25) is 9.69 Å². The number of halogens is 1. The molecule has 1 aromatic carbocycles. The average molecular weight is 404 g/mol. The summed E-state index contributed by atoms with van der Waals surface area (Å²) in [5.74, 6) is -0.639. The minimum atomic E-state index is -0.568. The molecule has 29 heavy (non-hydrogen) atoms. The monoisotopic (exact) mass is 404 g/mol. The molecule has 1 fully saturated rings. The molecule has 2 aliphatic rings. The molecule has 2 aliphatic heterocycles.